The van der Waals surface area contributed by atoms with Gasteiger partial charge in [0, 0.05) is 13.1 Å². The zero-order valence-corrected chi connectivity index (χ0v) is 8.49. The summed E-state index contributed by atoms with van der Waals surface area (Å²) in [5.41, 5.74) is 1.03. The first-order chi connectivity index (χ1) is 6.20. The lowest BCUT2D eigenvalue weighted by atomic mass is 10.3. The van der Waals surface area contributed by atoms with E-state index in [1.165, 1.54) is 11.3 Å². The summed E-state index contributed by atoms with van der Waals surface area (Å²) in [6, 6.07) is 1.93. The number of carbonyl (C=O) groups is 1. The Balaban J connectivity index is 2.20. The third-order valence-electron chi connectivity index (χ3n) is 1.52. The van der Waals surface area contributed by atoms with E-state index >= 15 is 0 Å². The molecule has 0 aliphatic rings. The predicted molar refractivity (Wildman–Crippen MR) is 53.3 cm³/mol. The Bertz CT molecular complexity index is 287. The molecule has 5 heteroatoms. The molecule has 3 nitrogen and oxygen atoms in total. The van der Waals surface area contributed by atoms with Crippen molar-refractivity contribution in [1.82, 2.24) is 5.32 Å². The molecule has 72 valence electrons. The molecule has 1 aromatic rings. The van der Waals surface area contributed by atoms with E-state index in [9.17, 15) is 4.79 Å². The van der Waals surface area contributed by atoms with Gasteiger partial charge in [-0.2, -0.15) is 0 Å². The summed E-state index contributed by atoms with van der Waals surface area (Å²) in [6.07, 6.45) is 0.141. The SMILES string of the molecule is O=C(O)CCNCc1ccsc1Cl. The number of nitrogens with one attached hydrogen (secondary N) is 1. The van der Waals surface area contributed by atoms with Crippen molar-refractivity contribution in [1.29, 1.82) is 0 Å². The van der Waals surface area contributed by atoms with Crippen molar-refractivity contribution in [2.24, 2.45) is 0 Å². The Kier molecular flexibility index (Phi) is 4.21. The molecule has 0 saturated heterocycles. The van der Waals surface area contributed by atoms with Gasteiger partial charge in [0.25, 0.3) is 0 Å². The second-order valence-electron chi connectivity index (χ2n) is 2.54. The van der Waals surface area contributed by atoms with E-state index in [0.717, 1.165) is 9.90 Å². The fourth-order valence-corrected chi connectivity index (χ4v) is 1.79. The van der Waals surface area contributed by atoms with Crippen LogP contribution in [0.4, 0.5) is 0 Å². The second kappa shape index (κ2) is 5.21. The number of halogens is 1. The lowest BCUT2D eigenvalue weighted by Gasteiger charge is -2.00. The first-order valence-electron chi connectivity index (χ1n) is 3.84. The summed E-state index contributed by atoms with van der Waals surface area (Å²) in [5.74, 6) is -0.788. The van der Waals surface area contributed by atoms with Gasteiger partial charge in [0.2, 0.25) is 0 Å². The molecule has 0 radical (unpaired) electrons. The van der Waals surface area contributed by atoms with E-state index in [0.29, 0.717) is 13.1 Å². The van der Waals surface area contributed by atoms with Crippen molar-refractivity contribution in [2.75, 3.05) is 6.54 Å². The van der Waals surface area contributed by atoms with Crippen LogP contribution in [-0.4, -0.2) is 17.6 Å². The van der Waals surface area contributed by atoms with Crippen LogP contribution in [0, 0.1) is 0 Å². The number of thiophene rings is 1. The molecule has 1 aromatic heterocycles. The summed E-state index contributed by atoms with van der Waals surface area (Å²) in [7, 11) is 0. The maximum absolute atomic E-state index is 10.2. The molecule has 13 heavy (non-hydrogen) atoms. The normalized spacial score (nSPS) is 10.2. The van der Waals surface area contributed by atoms with Crippen LogP contribution in [0.1, 0.15) is 12.0 Å². The summed E-state index contributed by atoms with van der Waals surface area (Å²) < 4.78 is 0.767. The van der Waals surface area contributed by atoms with E-state index in [1.807, 2.05) is 11.4 Å². The van der Waals surface area contributed by atoms with Crippen molar-refractivity contribution >= 4 is 28.9 Å². The van der Waals surface area contributed by atoms with Crippen molar-refractivity contribution in [3.05, 3.63) is 21.3 Å². The number of hydrogen-bond donors (Lipinski definition) is 2. The molecule has 2 N–H and O–H groups in total. The first kappa shape index (κ1) is 10.5. The summed E-state index contributed by atoms with van der Waals surface area (Å²) in [6.45, 7) is 1.11. The number of hydrogen-bond acceptors (Lipinski definition) is 3. The maximum atomic E-state index is 10.2. The maximum Gasteiger partial charge on any atom is 0.304 e. The minimum Gasteiger partial charge on any atom is -0.481 e. The third-order valence-corrected chi connectivity index (χ3v) is 2.78. The van der Waals surface area contributed by atoms with Crippen LogP contribution in [-0.2, 0) is 11.3 Å². The lowest BCUT2D eigenvalue weighted by Crippen LogP contribution is -2.17. The summed E-state index contributed by atoms with van der Waals surface area (Å²) >= 11 is 7.32. The van der Waals surface area contributed by atoms with Crippen molar-refractivity contribution < 1.29 is 9.90 Å². The smallest absolute Gasteiger partial charge is 0.304 e. The second-order valence-corrected chi connectivity index (χ2v) is 4.06. The minimum absolute atomic E-state index is 0.141. The predicted octanol–water partition coefficient (Wildman–Crippen LogP) is 1.97. The van der Waals surface area contributed by atoms with E-state index in [2.05, 4.69) is 5.32 Å². The Hall–Kier alpha value is -0.580. The van der Waals surface area contributed by atoms with E-state index < -0.39 is 5.97 Å². The number of rotatable bonds is 5. The van der Waals surface area contributed by atoms with Gasteiger partial charge in [-0.3, -0.25) is 4.79 Å². The highest BCUT2D eigenvalue weighted by Gasteiger charge is 2.01. The van der Waals surface area contributed by atoms with Crippen LogP contribution < -0.4 is 5.32 Å². The standard InChI is InChI=1S/C8H10ClNO2S/c9-8-6(2-4-13-8)5-10-3-1-7(11)12/h2,4,10H,1,3,5H2,(H,11,12). The quantitative estimate of drug-likeness (QED) is 0.745. The van der Waals surface area contributed by atoms with Gasteiger partial charge in [-0.15, -0.1) is 11.3 Å². The number of carboxylic acid groups (broad SMARTS) is 1. The van der Waals surface area contributed by atoms with E-state index in [1.54, 1.807) is 0 Å². The summed E-state index contributed by atoms with van der Waals surface area (Å²) in [5, 5.41) is 13.3. The number of carboxylic acids is 1. The van der Waals surface area contributed by atoms with E-state index in [4.69, 9.17) is 16.7 Å². The highest BCUT2D eigenvalue weighted by atomic mass is 35.5. The minimum atomic E-state index is -0.788. The van der Waals surface area contributed by atoms with Crippen molar-refractivity contribution in [2.45, 2.75) is 13.0 Å². The molecular formula is C8H10ClNO2S. The molecule has 0 atom stereocenters. The van der Waals surface area contributed by atoms with Crippen LogP contribution in [0.15, 0.2) is 11.4 Å². The molecular weight excluding hydrogens is 210 g/mol. The highest BCUT2D eigenvalue weighted by Crippen LogP contribution is 2.22. The Morgan fingerprint density at radius 1 is 1.69 bits per heavy atom. The zero-order chi connectivity index (χ0) is 9.68. The lowest BCUT2D eigenvalue weighted by molar-refractivity contribution is -0.136. The van der Waals surface area contributed by atoms with Crippen LogP contribution in [0.3, 0.4) is 0 Å². The molecule has 0 aliphatic carbocycles. The fraction of sp³-hybridized carbons (Fsp3) is 0.375. The van der Waals surface area contributed by atoms with Gasteiger partial charge in [0.05, 0.1) is 10.8 Å². The Morgan fingerprint density at radius 3 is 3.00 bits per heavy atom. The molecule has 0 spiro atoms. The zero-order valence-electron chi connectivity index (χ0n) is 6.92. The molecule has 0 fully saturated rings. The third kappa shape index (κ3) is 3.76. The van der Waals surface area contributed by atoms with Crippen LogP contribution in [0.5, 0.6) is 0 Å². The number of aliphatic carboxylic acids is 1. The molecule has 1 rings (SSSR count). The van der Waals surface area contributed by atoms with Gasteiger partial charge in [0.15, 0.2) is 0 Å². The van der Waals surface area contributed by atoms with Gasteiger partial charge in [0.1, 0.15) is 0 Å². The van der Waals surface area contributed by atoms with Gasteiger partial charge >= 0.3 is 5.97 Å². The largest absolute Gasteiger partial charge is 0.481 e. The molecule has 0 saturated carbocycles. The summed E-state index contributed by atoms with van der Waals surface area (Å²) in [4.78, 5) is 10.2. The van der Waals surface area contributed by atoms with Crippen molar-refractivity contribution in [3.8, 4) is 0 Å². The molecule has 0 amide bonds. The van der Waals surface area contributed by atoms with Crippen LogP contribution in [0.2, 0.25) is 4.34 Å². The Morgan fingerprint density at radius 2 is 2.46 bits per heavy atom. The first-order valence-corrected chi connectivity index (χ1v) is 5.10. The van der Waals surface area contributed by atoms with Crippen LogP contribution in [0.25, 0.3) is 0 Å². The van der Waals surface area contributed by atoms with Crippen molar-refractivity contribution in [3.63, 3.8) is 0 Å². The fourth-order valence-electron chi connectivity index (χ4n) is 0.864. The monoisotopic (exact) mass is 219 g/mol. The molecule has 1 heterocycles. The average Bonchev–Trinajstić information content (AvgIpc) is 2.45. The van der Waals surface area contributed by atoms with Gasteiger partial charge in [-0.05, 0) is 17.0 Å². The van der Waals surface area contributed by atoms with Gasteiger partial charge in [-0.1, -0.05) is 11.6 Å². The van der Waals surface area contributed by atoms with Crippen LogP contribution >= 0.6 is 22.9 Å². The molecule has 0 bridgehead atoms. The van der Waals surface area contributed by atoms with Gasteiger partial charge in [-0.25, -0.2) is 0 Å². The van der Waals surface area contributed by atoms with Gasteiger partial charge < -0.3 is 10.4 Å². The molecule has 0 unspecified atom stereocenters. The highest BCUT2D eigenvalue weighted by molar-refractivity contribution is 7.14. The average molecular weight is 220 g/mol. The molecule has 0 aliphatic heterocycles. The Labute approximate surface area is 85.3 Å². The topological polar surface area (TPSA) is 49.3 Å². The van der Waals surface area contributed by atoms with E-state index in [-0.39, 0.29) is 6.42 Å². The molecule has 0 aromatic carbocycles.